The zero-order chi connectivity index (χ0) is 15.4. The van der Waals surface area contributed by atoms with Crippen molar-refractivity contribution in [1.29, 1.82) is 0 Å². The number of methoxy groups -OCH3 is 1. The summed E-state index contributed by atoms with van der Waals surface area (Å²) >= 11 is 0. The van der Waals surface area contributed by atoms with Gasteiger partial charge in [0.25, 0.3) is 0 Å². The van der Waals surface area contributed by atoms with Gasteiger partial charge in [-0.2, -0.15) is 0 Å². The lowest BCUT2D eigenvalue weighted by Gasteiger charge is -2.31. The average molecular weight is 300 g/mol. The zero-order valence-corrected chi connectivity index (χ0v) is 12.7. The second kappa shape index (κ2) is 6.75. The van der Waals surface area contributed by atoms with E-state index in [1.54, 1.807) is 13.4 Å². The third kappa shape index (κ3) is 3.36. The van der Waals surface area contributed by atoms with Gasteiger partial charge in [0, 0.05) is 30.6 Å². The Balaban J connectivity index is 1.67. The van der Waals surface area contributed by atoms with E-state index >= 15 is 0 Å². The van der Waals surface area contributed by atoms with Crippen LogP contribution in [0.1, 0.15) is 28.9 Å². The van der Waals surface area contributed by atoms with Crippen LogP contribution >= 0.6 is 0 Å². The van der Waals surface area contributed by atoms with Gasteiger partial charge in [0.2, 0.25) is 0 Å². The van der Waals surface area contributed by atoms with E-state index in [9.17, 15) is 4.79 Å². The fraction of sp³-hybridized carbons (Fsp3) is 0.412. The number of ether oxygens (including phenoxy) is 1. The third-order valence-electron chi connectivity index (χ3n) is 4.11. The number of benzene rings is 1. The van der Waals surface area contributed by atoms with Crippen molar-refractivity contribution in [2.45, 2.75) is 19.4 Å². The summed E-state index contributed by atoms with van der Waals surface area (Å²) in [4.78, 5) is 15.0. The number of ketones is 1. The van der Waals surface area contributed by atoms with Crippen molar-refractivity contribution in [3.05, 3.63) is 47.9 Å². The maximum absolute atomic E-state index is 12.7. The Kier molecular flexibility index (Phi) is 4.53. The van der Waals surface area contributed by atoms with Crippen LogP contribution in [0.3, 0.4) is 0 Å². The molecule has 0 N–H and O–H groups in total. The van der Waals surface area contributed by atoms with Gasteiger partial charge >= 0.3 is 0 Å². The Bertz CT molecular complexity index is 625. The third-order valence-corrected chi connectivity index (χ3v) is 4.11. The average Bonchev–Trinajstić information content (AvgIpc) is 3.07. The normalized spacial score (nSPS) is 19.0. The molecule has 116 valence electrons. The molecule has 22 heavy (non-hydrogen) atoms. The van der Waals surface area contributed by atoms with Gasteiger partial charge in [-0.05, 0) is 31.5 Å². The molecule has 0 radical (unpaired) electrons. The van der Waals surface area contributed by atoms with Crippen LogP contribution in [-0.2, 0) is 6.54 Å². The largest absolute Gasteiger partial charge is 0.497 e. The molecule has 0 aliphatic carbocycles. The highest BCUT2D eigenvalue weighted by Crippen LogP contribution is 2.23. The van der Waals surface area contributed by atoms with E-state index in [1.807, 2.05) is 30.3 Å². The molecule has 5 heteroatoms. The first-order valence-electron chi connectivity index (χ1n) is 7.56. The summed E-state index contributed by atoms with van der Waals surface area (Å²) in [5, 5.41) is 3.94. The van der Waals surface area contributed by atoms with Crippen molar-refractivity contribution < 1.29 is 14.1 Å². The van der Waals surface area contributed by atoms with E-state index < -0.39 is 0 Å². The minimum atomic E-state index is 0.0350. The van der Waals surface area contributed by atoms with Crippen LogP contribution in [-0.4, -0.2) is 36.0 Å². The molecule has 0 unspecified atom stereocenters. The molecule has 0 saturated carbocycles. The number of aromatic nitrogens is 1. The van der Waals surface area contributed by atoms with Crippen LogP contribution in [0, 0.1) is 5.92 Å². The predicted octanol–water partition coefficient (Wildman–Crippen LogP) is 2.78. The van der Waals surface area contributed by atoms with E-state index in [1.165, 1.54) is 0 Å². The number of hydrogen-bond donors (Lipinski definition) is 0. The Hall–Kier alpha value is -2.14. The van der Waals surface area contributed by atoms with E-state index in [2.05, 4.69) is 10.1 Å². The van der Waals surface area contributed by atoms with E-state index in [-0.39, 0.29) is 11.7 Å². The zero-order valence-electron chi connectivity index (χ0n) is 12.7. The number of carbonyl (C=O) groups excluding carboxylic acids is 1. The van der Waals surface area contributed by atoms with Crippen molar-refractivity contribution >= 4 is 5.78 Å². The van der Waals surface area contributed by atoms with Gasteiger partial charge in [-0.1, -0.05) is 17.3 Å². The molecule has 1 aliphatic rings. The summed E-state index contributed by atoms with van der Waals surface area (Å²) in [7, 11) is 1.61. The molecule has 3 rings (SSSR count). The second-order valence-electron chi connectivity index (χ2n) is 5.66. The van der Waals surface area contributed by atoms with E-state index in [0.717, 1.165) is 49.5 Å². The molecule has 0 amide bonds. The highest BCUT2D eigenvalue weighted by Gasteiger charge is 2.27. The van der Waals surface area contributed by atoms with Gasteiger partial charge in [0.15, 0.2) is 5.78 Å². The molecular formula is C17H20N2O3. The summed E-state index contributed by atoms with van der Waals surface area (Å²) in [5.41, 5.74) is 1.64. The monoisotopic (exact) mass is 300 g/mol. The Morgan fingerprint density at radius 2 is 2.36 bits per heavy atom. The van der Waals surface area contributed by atoms with Crippen LogP contribution in [0.5, 0.6) is 5.75 Å². The number of likely N-dealkylation sites (tertiary alicyclic amines) is 1. The van der Waals surface area contributed by atoms with Crippen LogP contribution in [0.4, 0.5) is 0 Å². The first-order chi connectivity index (χ1) is 10.8. The number of piperidine rings is 1. The molecule has 1 aromatic carbocycles. The molecule has 0 bridgehead atoms. The first kappa shape index (κ1) is 14.8. The molecule has 2 aromatic rings. The van der Waals surface area contributed by atoms with Crippen molar-refractivity contribution in [2.75, 3.05) is 20.2 Å². The predicted molar refractivity (Wildman–Crippen MR) is 81.8 cm³/mol. The van der Waals surface area contributed by atoms with Crippen LogP contribution < -0.4 is 4.74 Å². The molecule has 0 spiro atoms. The SMILES string of the molecule is COc1cccc(C(=O)[C@@H]2CCCN(Cc3ccon3)C2)c1. The van der Waals surface area contributed by atoms with Crippen molar-refractivity contribution in [1.82, 2.24) is 10.1 Å². The van der Waals surface area contributed by atoms with Gasteiger partial charge in [0.1, 0.15) is 12.0 Å². The number of rotatable bonds is 5. The molecule has 1 aromatic heterocycles. The van der Waals surface area contributed by atoms with Crippen LogP contribution in [0.25, 0.3) is 0 Å². The van der Waals surface area contributed by atoms with E-state index in [0.29, 0.717) is 0 Å². The van der Waals surface area contributed by atoms with E-state index in [4.69, 9.17) is 9.26 Å². The molecule has 1 atom stereocenters. The van der Waals surface area contributed by atoms with Gasteiger partial charge in [0.05, 0.1) is 12.8 Å². The standard InChI is InChI=1S/C17H20N2O3/c1-21-16-6-2-4-13(10-16)17(20)14-5-3-8-19(11-14)12-15-7-9-22-18-15/h2,4,6-7,9-10,14H,3,5,8,11-12H2,1H3/t14-/m1/s1. The molecule has 1 fully saturated rings. The molecule has 1 aliphatic heterocycles. The Morgan fingerprint density at radius 1 is 1.45 bits per heavy atom. The molecule has 2 heterocycles. The Labute approximate surface area is 129 Å². The molecule has 5 nitrogen and oxygen atoms in total. The smallest absolute Gasteiger partial charge is 0.167 e. The number of Topliss-reactive ketones (excluding diaryl/α,β-unsaturated/α-hetero) is 1. The topological polar surface area (TPSA) is 55.6 Å². The van der Waals surface area contributed by atoms with Crippen molar-refractivity contribution in [3.63, 3.8) is 0 Å². The van der Waals surface area contributed by atoms with Gasteiger partial charge in [-0.25, -0.2) is 0 Å². The summed E-state index contributed by atoms with van der Waals surface area (Å²) in [6.45, 7) is 2.50. The fourth-order valence-electron chi connectivity index (χ4n) is 2.97. The first-order valence-corrected chi connectivity index (χ1v) is 7.56. The number of nitrogens with zero attached hydrogens (tertiary/aromatic N) is 2. The maximum Gasteiger partial charge on any atom is 0.167 e. The van der Waals surface area contributed by atoms with Crippen molar-refractivity contribution in [3.8, 4) is 5.75 Å². The summed E-state index contributed by atoms with van der Waals surface area (Å²) in [5.74, 6) is 0.956. The minimum Gasteiger partial charge on any atom is -0.497 e. The quantitative estimate of drug-likeness (QED) is 0.795. The van der Waals surface area contributed by atoms with Gasteiger partial charge < -0.3 is 9.26 Å². The minimum absolute atomic E-state index is 0.0350. The maximum atomic E-state index is 12.7. The number of hydrogen-bond acceptors (Lipinski definition) is 5. The van der Waals surface area contributed by atoms with Gasteiger partial charge in [-0.3, -0.25) is 9.69 Å². The summed E-state index contributed by atoms with van der Waals surface area (Å²) in [6, 6.07) is 9.27. The highest BCUT2D eigenvalue weighted by molar-refractivity contribution is 5.98. The molecule has 1 saturated heterocycles. The number of carbonyl (C=O) groups is 1. The highest BCUT2D eigenvalue weighted by atomic mass is 16.5. The van der Waals surface area contributed by atoms with Crippen LogP contribution in [0.2, 0.25) is 0 Å². The van der Waals surface area contributed by atoms with Crippen LogP contribution in [0.15, 0.2) is 41.1 Å². The lowest BCUT2D eigenvalue weighted by Crippen LogP contribution is -2.38. The van der Waals surface area contributed by atoms with Gasteiger partial charge in [-0.15, -0.1) is 0 Å². The lowest BCUT2D eigenvalue weighted by atomic mass is 9.90. The summed E-state index contributed by atoms with van der Waals surface area (Å²) < 4.78 is 10.1. The summed E-state index contributed by atoms with van der Waals surface area (Å²) in [6.07, 6.45) is 3.54. The Morgan fingerprint density at radius 3 is 3.14 bits per heavy atom. The van der Waals surface area contributed by atoms with Crippen molar-refractivity contribution in [2.24, 2.45) is 5.92 Å². The lowest BCUT2D eigenvalue weighted by molar-refractivity contribution is 0.0808. The molecular weight excluding hydrogens is 280 g/mol. The fourth-order valence-corrected chi connectivity index (χ4v) is 2.97. The second-order valence-corrected chi connectivity index (χ2v) is 5.66.